The fourth-order valence-corrected chi connectivity index (χ4v) is 3.83. The van der Waals surface area contributed by atoms with Crippen molar-refractivity contribution in [1.82, 2.24) is 14.1 Å². The number of morpholine rings is 1. The van der Waals surface area contributed by atoms with Crippen molar-refractivity contribution < 1.29 is 22.7 Å². The number of hydrogen-bond acceptors (Lipinski definition) is 5. The minimum absolute atomic E-state index is 0.0196. The quantitative estimate of drug-likeness (QED) is 0.644. The van der Waals surface area contributed by atoms with E-state index in [-0.39, 0.29) is 30.4 Å². The van der Waals surface area contributed by atoms with Crippen molar-refractivity contribution in [2.75, 3.05) is 58.2 Å². The van der Waals surface area contributed by atoms with Crippen molar-refractivity contribution in [3.05, 3.63) is 0 Å². The van der Waals surface area contributed by atoms with Gasteiger partial charge in [-0.25, -0.2) is 8.42 Å². The molecule has 2 aliphatic heterocycles. The summed E-state index contributed by atoms with van der Waals surface area (Å²) >= 11 is 0. The molecule has 2 amide bonds. The number of carbonyl (C=O) groups is 2. The van der Waals surface area contributed by atoms with Crippen LogP contribution in [-0.2, 0) is 24.3 Å². The van der Waals surface area contributed by atoms with Gasteiger partial charge in [-0.15, -0.1) is 0 Å². The van der Waals surface area contributed by atoms with Crippen LogP contribution in [0.25, 0.3) is 0 Å². The van der Waals surface area contributed by atoms with Crippen LogP contribution in [-0.4, -0.2) is 92.6 Å². The molecule has 9 heteroatoms. The van der Waals surface area contributed by atoms with Crippen molar-refractivity contribution in [2.45, 2.75) is 19.8 Å². The topological polar surface area (TPSA) is 87.2 Å². The molecule has 2 aliphatic rings. The van der Waals surface area contributed by atoms with Crippen LogP contribution in [0.1, 0.15) is 19.8 Å². The van der Waals surface area contributed by atoms with Gasteiger partial charge in [0.2, 0.25) is 21.8 Å². The molecule has 8 nitrogen and oxygen atoms in total. The number of sulfonamides is 1. The Labute approximate surface area is 137 Å². The molecule has 0 aromatic rings. The summed E-state index contributed by atoms with van der Waals surface area (Å²) in [5.41, 5.74) is 0. The predicted octanol–water partition coefficient (Wildman–Crippen LogP) is -0.881. The Hall–Kier alpha value is -1.19. The zero-order chi connectivity index (χ0) is 16.9. The average molecular weight is 347 g/mol. The first kappa shape index (κ1) is 18.2. The number of piperazine rings is 1. The van der Waals surface area contributed by atoms with E-state index in [0.29, 0.717) is 52.5 Å². The number of carbonyl (C=O) groups excluding carboxylic acids is 2. The standard InChI is InChI=1S/C14H25N3O5S/c1-2-23(20,21)17-7-5-15(6-8-17)13(18)3-4-14(19)16-9-11-22-12-10-16/h2-12H2,1H3. The SMILES string of the molecule is CCS(=O)(=O)N1CCN(C(=O)CCC(=O)N2CCOCC2)CC1. The largest absolute Gasteiger partial charge is 0.378 e. The summed E-state index contributed by atoms with van der Waals surface area (Å²) < 4.78 is 30.2. The van der Waals surface area contributed by atoms with Crippen LogP contribution in [0.3, 0.4) is 0 Å². The van der Waals surface area contributed by atoms with Crippen LogP contribution in [0.4, 0.5) is 0 Å². The Morgan fingerprint density at radius 1 is 0.870 bits per heavy atom. The van der Waals surface area contributed by atoms with Crippen molar-refractivity contribution in [1.29, 1.82) is 0 Å². The molecule has 0 atom stereocenters. The second-order valence-electron chi connectivity index (χ2n) is 5.67. The van der Waals surface area contributed by atoms with Gasteiger partial charge in [-0.1, -0.05) is 0 Å². The molecule has 0 radical (unpaired) electrons. The molecule has 0 unspecified atom stereocenters. The fourth-order valence-electron chi connectivity index (χ4n) is 2.74. The number of hydrogen-bond donors (Lipinski definition) is 0. The molecule has 2 saturated heterocycles. The van der Waals surface area contributed by atoms with E-state index < -0.39 is 10.0 Å². The van der Waals surface area contributed by atoms with E-state index in [4.69, 9.17) is 4.74 Å². The zero-order valence-corrected chi connectivity index (χ0v) is 14.4. The minimum Gasteiger partial charge on any atom is -0.378 e. The molecule has 0 N–H and O–H groups in total. The molecule has 0 aromatic heterocycles. The Morgan fingerprint density at radius 3 is 1.83 bits per heavy atom. The molecule has 23 heavy (non-hydrogen) atoms. The number of amides is 2. The lowest BCUT2D eigenvalue weighted by atomic mass is 10.2. The highest BCUT2D eigenvalue weighted by molar-refractivity contribution is 7.89. The molecule has 2 heterocycles. The molecule has 2 rings (SSSR count). The monoisotopic (exact) mass is 347 g/mol. The number of nitrogens with zero attached hydrogens (tertiary/aromatic N) is 3. The number of ether oxygens (including phenoxy) is 1. The zero-order valence-electron chi connectivity index (χ0n) is 13.6. The summed E-state index contributed by atoms with van der Waals surface area (Å²) in [5.74, 6) is -0.0244. The Bertz CT molecular complexity index is 523. The van der Waals surface area contributed by atoms with Gasteiger partial charge in [-0.3, -0.25) is 9.59 Å². The number of rotatable bonds is 5. The first-order valence-corrected chi connectivity index (χ1v) is 9.66. The van der Waals surface area contributed by atoms with Crippen LogP contribution >= 0.6 is 0 Å². The third-order valence-electron chi connectivity index (χ3n) is 4.27. The van der Waals surface area contributed by atoms with E-state index in [1.54, 1.807) is 16.7 Å². The smallest absolute Gasteiger partial charge is 0.223 e. The fraction of sp³-hybridized carbons (Fsp3) is 0.857. The van der Waals surface area contributed by atoms with E-state index in [0.717, 1.165) is 0 Å². The molecule has 0 saturated carbocycles. The van der Waals surface area contributed by atoms with Gasteiger partial charge in [-0.2, -0.15) is 4.31 Å². The van der Waals surface area contributed by atoms with Crippen molar-refractivity contribution >= 4 is 21.8 Å². The van der Waals surface area contributed by atoms with Crippen molar-refractivity contribution in [3.63, 3.8) is 0 Å². The highest BCUT2D eigenvalue weighted by Crippen LogP contribution is 2.10. The van der Waals surface area contributed by atoms with E-state index in [9.17, 15) is 18.0 Å². The molecule has 0 bridgehead atoms. The first-order valence-electron chi connectivity index (χ1n) is 8.05. The van der Waals surface area contributed by atoms with Crippen LogP contribution in [0, 0.1) is 0 Å². The normalized spacial score (nSPS) is 20.6. The lowest BCUT2D eigenvalue weighted by Gasteiger charge is -2.34. The van der Waals surface area contributed by atoms with Gasteiger partial charge in [0, 0.05) is 52.1 Å². The highest BCUT2D eigenvalue weighted by Gasteiger charge is 2.28. The third kappa shape index (κ3) is 4.89. The molecule has 132 valence electrons. The van der Waals surface area contributed by atoms with Gasteiger partial charge < -0.3 is 14.5 Å². The van der Waals surface area contributed by atoms with E-state index in [1.165, 1.54) is 4.31 Å². The Balaban J connectivity index is 1.73. The second kappa shape index (κ2) is 8.07. The predicted molar refractivity (Wildman–Crippen MR) is 84.2 cm³/mol. The van der Waals surface area contributed by atoms with Crippen molar-refractivity contribution in [2.24, 2.45) is 0 Å². The van der Waals surface area contributed by atoms with Crippen LogP contribution in [0.2, 0.25) is 0 Å². The lowest BCUT2D eigenvalue weighted by Crippen LogP contribution is -2.51. The summed E-state index contributed by atoms with van der Waals surface area (Å²) in [4.78, 5) is 27.6. The van der Waals surface area contributed by atoms with Gasteiger partial charge in [0.1, 0.15) is 0 Å². The van der Waals surface area contributed by atoms with E-state index in [1.807, 2.05) is 0 Å². The third-order valence-corrected chi connectivity index (χ3v) is 6.15. The van der Waals surface area contributed by atoms with Crippen LogP contribution < -0.4 is 0 Å². The summed E-state index contributed by atoms with van der Waals surface area (Å²) in [7, 11) is -3.19. The van der Waals surface area contributed by atoms with Gasteiger partial charge in [-0.05, 0) is 6.92 Å². The first-order chi connectivity index (χ1) is 10.9. The maximum absolute atomic E-state index is 12.2. The minimum atomic E-state index is -3.19. The van der Waals surface area contributed by atoms with Crippen LogP contribution in [0.5, 0.6) is 0 Å². The average Bonchev–Trinajstić information content (AvgIpc) is 2.60. The van der Waals surface area contributed by atoms with Gasteiger partial charge in [0.05, 0.1) is 19.0 Å². The van der Waals surface area contributed by atoms with Gasteiger partial charge >= 0.3 is 0 Å². The molecule has 0 aliphatic carbocycles. The maximum atomic E-state index is 12.2. The molecular weight excluding hydrogens is 322 g/mol. The van der Waals surface area contributed by atoms with E-state index >= 15 is 0 Å². The van der Waals surface area contributed by atoms with Crippen LogP contribution in [0.15, 0.2) is 0 Å². The molecule has 0 spiro atoms. The van der Waals surface area contributed by atoms with Gasteiger partial charge in [0.15, 0.2) is 0 Å². The second-order valence-corrected chi connectivity index (χ2v) is 7.93. The Morgan fingerprint density at radius 2 is 1.35 bits per heavy atom. The summed E-state index contributed by atoms with van der Waals surface area (Å²) in [6.45, 7) is 5.33. The summed E-state index contributed by atoms with van der Waals surface area (Å²) in [5, 5.41) is 0. The highest BCUT2D eigenvalue weighted by atomic mass is 32.2. The summed E-state index contributed by atoms with van der Waals surface area (Å²) in [6.07, 6.45) is 0.378. The summed E-state index contributed by atoms with van der Waals surface area (Å²) in [6, 6.07) is 0. The lowest BCUT2D eigenvalue weighted by molar-refractivity contribution is -0.139. The van der Waals surface area contributed by atoms with Crippen molar-refractivity contribution in [3.8, 4) is 0 Å². The van der Waals surface area contributed by atoms with Gasteiger partial charge in [0.25, 0.3) is 0 Å². The Kier molecular flexibility index (Phi) is 6.37. The molecule has 0 aromatic carbocycles. The maximum Gasteiger partial charge on any atom is 0.223 e. The molecular formula is C14H25N3O5S. The molecule has 2 fully saturated rings. The van der Waals surface area contributed by atoms with E-state index in [2.05, 4.69) is 0 Å².